The largest absolute Gasteiger partial charge is 0.370 e. The van der Waals surface area contributed by atoms with E-state index < -0.39 is 12.2 Å². The number of carbonyl (C=O) groups excluding carboxylic acids is 1. The van der Waals surface area contributed by atoms with E-state index in [0.717, 1.165) is 48.7 Å². The molecule has 1 saturated carbocycles. The van der Waals surface area contributed by atoms with E-state index in [1.54, 1.807) is 18.3 Å². The van der Waals surface area contributed by atoms with Crippen LogP contribution in [0.25, 0.3) is 0 Å². The van der Waals surface area contributed by atoms with E-state index in [9.17, 15) is 18.0 Å². The summed E-state index contributed by atoms with van der Waals surface area (Å²) in [5, 5.41) is 3.80. The number of hydrazone groups is 1. The van der Waals surface area contributed by atoms with Crippen LogP contribution in [0.1, 0.15) is 55.7 Å². The molecule has 30 heavy (non-hydrogen) atoms. The van der Waals surface area contributed by atoms with Crippen molar-refractivity contribution in [2.75, 3.05) is 0 Å². The number of carbonyl (C=O) groups is 1. The fourth-order valence-electron chi connectivity index (χ4n) is 3.04. The number of pyridine rings is 1. The highest BCUT2D eigenvalue weighted by Gasteiger charge is 2.15. The second-order valence-corrected chi connectivity index (χ2v) is 6.84. The molecule has 0 atom stereocenters. The summed E-state index contributed by atoms with van der Waals surface area (Å²) in [7, 11) is 0. The molecule has 1 heterocycles. The lowest BCUT2D eigenvalue weighted by Gasteiger charge is -2.14. The van der Waals surface area contributed by atoms with Crippen molar-refractivity contribution >= 4 is 23.1 Å². The molecule has 1 aromatic carbocycles. The Morgan fingerprint density at radius 2 is 1.80 bits per heavy atom. The van der Waals surface area contributed by atoms with Crippen LogP contribution in [0.15, 0.2) is 46.6 Å². The van der Waals surface area contributed by atoms with Crippen LogP contribution in [-0.2, 0) is 11.2 Å². The zero-order chi connectivity index (χ0) is 22.1. The summed E-state index contributed by atoms with van der Waals surface area (Å²) < 4.78 is 39.3. The third-order valence-corrected chi connectivity index (χ3v) is 4.27. The minimum atomic E-state index is -2.70. The smallest absolute Gasteiger partial charge is 0.263 e. The van der Waals surface area contributed by atoms with Crippen molar-refractivity contribution in [3.8, 4) is 0 Å². The first-order valence-corrected chi connectivity index (χ1v) is 9.41. The Kier molecular flexibility index (Phi) is 8.52. The van der Waals surface area contributed by atoms with Gasteiger partial charge in [-0.1, -0.05) is 0 Å². The maximum atomic E-state index is 13.6. The molecule has 6 nitrogen and oxygen atoms in total. The molecule has 4 N–H and O–H groups in total. The van der Waals surface area contributed by atoms with Gasteiger partial charge in [0.15, 0.2) is 5.82 Å². The zero-order valence-corrected chi connectivity index (χ0v) is 16.6. The number of primary amides is 1. The van der Waals surface area contributed by atoms with Gasteiger partial charge in [-0.15, -0.1) is 0 Å². The Hall–Kier alpha value is -3.23. The number of nitrogens with two attached hydrogens (primary N) is 2. The molecule has 0 aliphatic heterocycles. The number of alkyl halides is 2. The fourth-order valence-corrected chi connectivity index (χ4v) is 3.04. The molecule has 0 unspecified atom stereocenters. The van der Waals surface area contributed by atoms with E-state index in [0.29, 0.717) is 17.8 Å². The molecule has 160 valence electrons. The summed E-state index contributed by atoms with van der Waals surface area (Å²) in [6.07, 6.45) is 2.87. The van der Waals surface area contributed by atoms with Crippen LogP contribution >= 0.6 is 0 Å². The van der Waals surface area contributed by atoms with Crippen LogP contribution in [0.5, 0.6) is 0 Å². The number of amides is 1. The van der Waals surface area contributed by atoms with Gasteiger partial charge in [0.2, 0.25) is 5.91 Å². The van der Waals surface area contributed by atoms with Gasteiger partial charge in [0, 0.05) is 18.7 Å². The van der Waals surface area contributed by atoms with Gasteiger partial charge in [-0.3, -0.25) is 4.79 Å². The first-order chi connectivity index (χ1) is 14.3. The van der Waals surface area contributed by atoms with Gasteiger partial charge in [-0.05, 0) is 73.6 Å². The first-order valence-electron chi connectivity index (χ1n) is 9.41. The quantitative estimate of drug-likeness (QED) is 0.573. The molecule has 1 aliphatic rings. The van der Waals surface area contributed by atoms with Crippen molar-refractivity contribution in [2.45, 2.75) is 45.5 Å². The van der Waals surface area contributed by atoms with Crippen LogP contribution in [0.4, 0.5) is 19.0 Å². The summed E-state index contributed by atoms with van der Waals surface area (Å²) in [5.41, 5.74) is 7.06. The van der Waals surface area contributed by atoms with Crippen molar-refractivity contribution in [1.29, 1.82) is 0 Å². The molecule has 1 amide bonds. The van der Waals surface area contributed by atoms with Crippen molar-refractivity contribution in [3.63, 3.8) is 0 Å². The van der Waals surface area contributed by atoms with E-state index in [-0.39, 0.29) is 11.5 Å². The average Bonchev–Trinajstić information content (AvgIpc) is 2.68. The van der Waals surface area contributed by atoms with Gasteiger partial charge in [-0.2, -0.15) is 5.10 Å². The van der Waals surface area contributed by atoms with Gasteiger partial charge < -0.3 is 11.6 Å². The molecule has 9 heteroatoms. The van der Waals surface area contributed by atoms with Crippen molar-refractivity contribution in [3.05, 3.63) is 59.0 Å². The summed E-state index contributed by atoms with van der Waals surface area (Å²) >= 11 is 0. The number of hydrogen-bond donors (Lipinski definition) is 2. The van der Waals surface area contributed by atoms with Crippen molar-refractivity contribution in [2.24, 2.45) is 21.7 Å². The molecule has 1 fully saturated rings. The number of halogens is 3. The number of nitrogens with zero attached hydrogens (tertiary/aromatic N) is 3. The van der Waals surface area contributed by atoms with E-state index in [1.165, 1.54) is 19.1 Å². The summed E-state index contributed by atoms with van der Waals surface area (Å²) in [6, 6.07) is 6.96. The van der Waals surface area contributed by atoms with Gasteiger partial charge in [-0.25, -0.2) is 23.1 Å². The van der Waals surface area contributed by atoms with Crippen LogP contribution in [-0.4, -0.2) is 22.3 Å². The Bertz CT molecular complexity index is 940. The second kappa shape index (κ2) is 11.1. The van der Waals surface area contributed by atoms with Crippen LogP contribution < -0.4 is 11.6 Å². The van der Waals surface area contributed by atoms with Crippen LogP contribution in [0.3, 0.4) is 0 Å². The fraction of sp³-hybridized carbons (Fsp3) is 0.333. The maximum absolute atomic E-state index is 13.6. The van der Waals surface area contributed by atoms with Gasteiger partial charge in [0.1, 0.15) is 5.82 Å². The predicted molar refractivity (Wildman–Crippen MR) is 110 cm³/mol. The second-order valence-electron chi connectivity index (χ2n) is 6.84. The van der Waals surface area contributed by atoms with Gasteiger partial charge in [0.05, 0.1) is 11.4 Å². The highest BCUT2D eigenvalue weighted by atomic mass is 19.3. The summed E-state index contributed by atoms with van der Waals surface area (Å²) in [6.45, 7) is 1.31. The molecular weight excluding hydrogens is 395 g/mol. The minimum Gasteiger partial charge on any atom is -0.370 e. The topological polar surface area (TPSA) is 107 Å². The minimum absolute atomic E-state index is 0.315. The monoisotopic (exact) mass is 419 g/mol. The van der Waals surface area contributed by atoms with E-state index >= 15 is 0 Å². The van der Waals surface area contributed by atoms with E-state index in [1.807, 2.05) is 0 Å². The highest BCUT2D eigenvalue weighted by Crippen LogP contribution is 2.24. The molecule has 1 aromatic heterocycles. The summed E-state index contributed by atoms with van der Waals surface area (Å²) in [4.78, 5) is 18.0. The third kappa shape index (κ3) is 7.31. The zero-order valence-electron chi connectivity index (χ0n) is 16.6. The molecule has 1 aliphatic carbocycles. The molecule has 3 rings (SSSR count). The van der Waals surface area contributed by atoms with Gasteiger partial charge in [0.25, 0.3) is 6.43 Å². The van der Waals surface area contributed by atoms with Crippen LogP contribution in [0.2, 0.25) is 0 Å². The number of rotatable bonds is 4. The molecule has 0 saturated heterocycles. The third-order valence-electron chi connectivity index (χ3n) is 4.27. The van der Waals surface area contributed by atoms with E-state index in [4.69, 9.17) is 5.84 Å². The Morgan fingerprint density at radius 3 is 2.43 bits per heavy atom. The lowest BCUT2D eigenvalue weighted by Crippen LogP contribution is -2.20. The molecular formula is C21H24F3N5O. The Labute approximate surface area is 172 Å². The number of aliphatic imine (C=N–C) groups is 1. The lowest BCUT2D eigenvalue weighted by molar-refractivity contribution is -0.115. The average molecular weight is 419 g/mol. The van der Waals surface area contributed by atoms with Crippen LogP contribution in [0, 0.1) is 5.82 Å². The number of aromatic nitrogens is 1. The van der Waals surface area contributed by atoms with Gasteiger partial charge >= 0.3 is 0 Å². The predicted octanol–water partition coefficient (Wildman–Crippen LogP) is 4.20. The molecule has 0 spiro atoms. The number of benzene rings is 1. The Balaban J connectivity index is 0.000000735. The standard InChI is InChI=1S/C19H19F3N4.C2H5NO/c20-15-9-13(8-14(11-15)19(21)22)7-12-5-6-24-18(10-12)25-16-3-1-2-4-17(16)26-23;1-2(3)4/h5-6,8-11,19H,1-4,7,23H2;1H3,(H2,3,4)/b25-16?,26-17-;. The van der Waals surface area contributed by atoms with E-state index in [2.05, 4.69) is 20.8 Å². The van der Waals surface area contributed by atoms with Crippen molar-refractivity contribution in [1.82, 2.24) is 4.98 Å². The molecule has 0 radical (unpaired) electrons. The van der Waals surface area contributed by atoms with Crippen molar-refractivity contribution < 1.29 is 18.0 Å². The SMILES string of the molecule is CC(N)=O.N/N=C1/CCCCC1=Nc1cc(Cc2cc(F)cc(C(F)F)c2)ccn1. The lowest BCUT2D eigenvalue weighted by atomic mass is 9.96. The Morgan fingerprint density at radius 1 is 1.13 bits per heavy atom. The number of hydrogen-bond acceptors (Lipinski definition) is 5. The normalized spacial score (nSPS) is 16.4. The maximum Gasteiger partial charge on any atom is 0.263 e. The molecule has 0 bridgehead atoms. The summed E-state index contributed by atoms with van der Waals surface area (Å²) in [5.74, 6) is 4.93. The highest BCUT2D eigenvalue weighted by molar-refractivity contribution is 6.43. The molecule has 2 aromatic rings. The first kappa shape index (κ1) is 23.1.